The van der Waals surface area contributed by atoms with Crippen molar-refractivity contribution in [2.45, 2.75) is 27.3 Å². The van der Waals surface area contributed by atoms with E-state index in [4.69, 9.17) is 17.0 Å². The first-order valence-electron chi connectivity index (χ1n) is 10.8. The van der Waals surface area contributed by atoms with Crippen LogP contribution in [0.2, 0.25) is 0 Å². The van der Waals surface area contributed by atoms with E-state index >= 15 is 0 Å². The number of rotatable bonds is 6. The number of aryl methyl sites for hydroxylation is 3. The summed E-state index contributed by atoms with van der Waals surface area (Å²) in [4.78, 5) is 13.7. The van der Waals surface area contributed by atoms with E-state index < -0.39 is 5.97 Å². The van der Waals surface area contributed by atoms with Crippen molar-refractivity contribution >= 4 is 45.3 Å². The molecule has 0 fully saturated rings. The molecule has 2 aromatic carbocycles. The maximum absolute atomic E-state index is 12.7. The van der Waals surface area contributed by atoms with Gasteiger partial charge in [0, 0.05) is 21.8 Å². The average Bonchev–Trinajstić information content (AvgIpc) is 3.30. The molecule has 0 saturated heterocycles. The van der Waals surface area contributed by atoms with Crippen LogP contribution in [-0.4, -0.2) is 28.0 Å². The summed E-state index contributed by atoms with van der Waals surface area (Å²) in [5.74, 6) is -0.402. The van der Waals surface area contributed by atoms with Gasteiger partial charge in [0.2, 0.25) is 0 Å². The van der Waals surface area contributed by atoms with Crippen molar-refractivity contribution in [3.05, 3.63) is 88.1 Å². The highest BCUT2D eigenvalue weighted by molar-refractivity contribution is 7.80. The fraction of sp³-hybridized carbons (Fsp3) is 0.192. The predicted octanol–water partition coefficient (Wildman–Crippen LogP) is 6.18. The second-order valence-corrected chi connectivity index (χ2v) is 9.59. The Bertz CT molecular complexity index is 1340. The maximum Gasteiger partial charge on any atom is 0.341 e. The van der Waals surface area contributed by atoms with E-state index in [1.807, 2.05) is 74.0 Å². The Labute approximate surface area is 208 Å². The first-order chi connectivity index (χ1) is 16.4. The van der Waals surface area contributed by atoms with E-state index in [1.165, 1.54) is 18.4 Å². The van der Waals surface area contributed by atoms with Crippen LogP contribution in [0.3, 0.4) is 0 Å². The number of carbonyl (C=O) groups is 1. The van der Waals surface area contributed by atoms with E-state index in [0.29, 0.717) is 22.2 Å². The van der Waals surface area contributed by atoms with Gasteiger partial charge in [-0.2, -0.15) is 5.10 Å². The van der Waals surface area contributed by atoms with Crippen molar-refractivity contribution in [3.63, 3.8) is 0 Å². The summed E-state index contributed by atoms with van der Waals surface area (Å²) >= 11 is 7.06. The second kappa shape index (κ2) is 10.2. The molecule has 0 unspecified atom stereocenters. The van der Waals surface area contributed by atoms with Gasteiger partial charge in [0.1, 0.15) is 10.6 Å². The third-order valence-corrected chi connectivity index (χ3v) is 6.61. The largest absolute Gasteiger partial charge is 0.465 e. The van der Waals surface area contributed by atoms with Gasteiger partial charge >= 0.3 is 5.97 Å². The lowest BCUT2D eigenvalue weighted by Gasteiger charge is -2.12. The number of nitrogens with zero attached hydrogens (tertiary/aromatic N) is 2. The molecular weight excluding hydrogens is 464 g/mol. The molecule has 4 aromatic rings. The van der Waals surface area contributed by atoms with Crippen LogP contribution in [0, 0.1) is 20.8 Å². The number of anilines is 2. The number of thiophene rings is 1. The first kappa shape index (κ1) is 23.7. The van der Waals surface area contributed by atoms with Crippen LogP contribution in [0.25, 0.3) is 11.1 Å². The lowest BCUT2D eigenvalue weighted by atomic mass is 10.0. The Morgan fingerprint density at radius 3 is 2.50 bits per heavy atom. The zero-order chi connectivity index (χ0) is 24.2. The van der Waals surface area contributed by atoms with Crippen LogP contribution in [0.5, 0.6) is 0 Å². The topological polar surface area (TPSA) is 68.2 Å². The highest BCUT2D eigenvalue weighted by Gasteiger charge is 2.24. The molecule has 2 heterocycles. The predicted molar refractivity (Wildman–Crippen MR) is 143 cm³/mol. The van der Waals surface area contributed by atoms with Gasteiger partial charge in [-0.25, -0.2) is 4.79 Å². The lowest BCUT2D eigenvalue weighted by molar-refractivity contribution is 0.0603. The summed E-state index contributed by atoms with van der Waals surface area (Å²) in [6, 6.07) is 19.9. The summed E-state index contributed by atoms with van der Waals surface area (Å²) in [6.45, 7) is 6.70. The number of methoxy groups -OCH3 is 1. The number of esters is 1. The Kier molecular flexibility index (Phi) is 7.09. The molecule has 174 valence electrons. The molecule has 0 aliphatic carbocycles. The second-order valence-electron chi connectivity index (χ2n) is 7.96. The minimum atomic E-state index is -0.402. The standard InChI is InChI=1S/C26H26N4O2S2/c1-16-13-17(2)30(29-16)15-19-9-8-12-21(14-19)27-26(33)28-24-23(25(31)32-4)22(18(3)34-24)20-10-6-5-7-11-20/h5-14H,15H2,1-4H3,(H2,27,28,33). The van der Waals surface area contributed by atoms with Gasteiger partial charge in [-0.3, -0.25) is 4.68 Å². The van der Waals surface area contributed by atoms with E-state index in [1.54, 1.807) is 0 Å². The summed E-state index contributed by atoms with van der Waals surface area (Å²) in [7, 11) is 1.39. The Morgan fingerprint density at radius 1 is 1.06 bits per heavy atom. The quantitative estimate of drug-likeness (QED) is 0.248. The van der Waals surface area contributed by atoms with Crippen molar-refractivity contribution in [2.75, 3.05) is 17.7 Å². The Balaban J connectivity index is 1.55. The van der Waals surface area contributed by atoms with Crippen molar-refractivity contribution < 1.29 is 9.53 Å². The van der Waals surface area contributed by atoms with Crippen molar-refractivity contribution in [1.82, 2.24) is 9.78 Å². The number of nitrogens with one attached hydrogen (secondary N) is 2. The molecule has 4 rings (SSSR count). The summed E-state index contributed by atoms with van der Waals surface area (Å²) in [5.41, 5.74) is 6.37. The molecule has 0 aliphatic rings. The molecular formula is C26H26N4O2S2. The number of benzene rings is 2. The van der Waals surface area contributed by atoms with Gasteiger partial charge in [-0.15, -0.1) is 11.3 Å². The van der Waals surface area contributed by atoms with Crippen molar-refractivity contribution in [3.8, 4) is 11.1 Å². The average molecular weight is 491 g/mol. The van der Waals surface area contributed by atoms with Gasteiger partial charge < -0.3 is 15.4 Å². The SMILES string of the molecule is COC(=O)c1c(NC(=S)Nc2cccc(Cn3nc(C)cc3C)c2)sc(C)c1-c1ccccc1. The van der Waals surface area contributed by atoms with Gasteiger partial charge in [0.15, 0.2) is 5.11 Å². The number of hydrogen-bond acceptors (Lipinski definition) is 5. The normalized spacial score (nSPS) is 10.7. The molecule has 0 amide bonds. The number of aromatic nitrogens is 2. The highest BCUT2D eigenvalue weighted by atomic mass is 32.1. The van der Waals surface area contributed by atoms with Crippen LogP contribution in [0.15, 0.2) is 60.7 Å². The molecule has 2 N–H and O–H groups in total. The third kappa shape index (κ3) is 5.18. The molecule has 0 atom stereocenters. The molecule has 0 saturated carbocycles. The fourth-order valence-electron chi connectivity index (χ4n) is 3.90. The van der Waals surface area contributed by atoms with Crippen LogP contribution < -0.4 is 10.6 Å². The zero-order valence-electron chi connectivity index (χ0n) is 19.5. The summed E-state index contributed by atoms with van der Waals surface area (Å²) in [5, 5.41) is 12.0. The number of ether oxygens (including phenoxy) is 1. The molecule has 0 aliphatic heterocycles. The number of thiocarbonyl (C=S) groups is 1. The van der Waals surface area contributed by atoms with Crippen LogP contribution in [-0.2, 0) is 11.3 Å². The van der Waals surface area contributed by atoms with Crippen molar-refractivity contribution in [2.24, 2.45) is 0 Å². The third-order valence-electron chi connectivity index (χ3n) is 5.38. The Hall–Kier alpha value is -3.49. The Morgan fingerprint density at radius 2 is 1.82 bits per heavy atom. The molecule has 6 nitrogen and oxygen atoms in total. The van der Waals surface area contributed by atoms with Crippen LogP contribution >= 0.6 is 23.6 Å². The molecule has 2 aromatic heterocycles. The van der Waals surface area contributed by atoms with E-state index in [-0.39, 0.29) is 0 Å². The molecule has 0 bridgehead atoms. The van der Waals surface area contributed by atoms with E-state index in [0.717, 1.165) is 38.6 Å². The minimum Gasteiger partial charge on any atom is -0.465 e. The van der Waals surface area contributed by atoms with E-state index in [2.05, 4.69) is 27.9 Å². The highest BCUT2D eigenvalue weighted by Crippen LogP contribution is 2.40. The van der Waals surface area contributed by atoms with Gasteiger partial charge in [0.25, 0.3) is 0 Å². The van der Waals surface area contributed by atoms with Gasteiger partial charge in [-0.05, 0) is 62.3 Å². The lowest BCUT2D eigenvalue weighted by Crippen LogP contribution is -2.20. The molecule has 0 radical (unpaired) electrons. The van der Waals surface area contributed by atoms with Gasteiger partial charge in [0.05, 0.1) is 19.3 Å². The monoisotopic (exact) mass is 490 g/mol. The number of carbonyl (C=O) groups excluding carboxylic acids is 1. The van der Waals surface area contributed by atoms with Crippen LogP contribution in [0.4, 0.5) is 10.7 Å². The molecule has 0 spiro atoms. The molecule has 34 heavy (non-hydrogen) atoms. The van der Waals surface area contributed by atoms with Gasteiger partial charge in [-0.1, -0.05) is 42.5 Å². The van der Waals surface area contributed by atoms with Crippen molar-refractivity contribution in [1.29, 1.82) is 0 Å². The minimum absolute atomic E-state index is 0.397. The summed E-state index contributed by atoms with van der Waals surface area (Å²) < 4.78 is 7.07. The summed E-state index contributed by atoms with van der Waals surface area (Å²) in [6.07, 6.45) is 0. The van der Waals surface area contributed by atoms with E-state index in [9.17, 15) is 4.79 Å². The smallest absolute Gasteiger partial charge is 0.341 e. The molecule has 8 heteroatoms. The zero-order valence-corrected chi connectivity index (χ0v) is 21.1. The van der Waals surface area contributed by atoms with Crippen LogP contribution in [0.1, 0.15) is 32.2 Å². The first-order valence-corrected chi connectivity index (χ1v) is 12.0. The maximum atomic E-state index is 12.7. The fourth-order valence-corrected chi connectivity index (χ4v) is 5.26. The number of hydrogen-bond donors (Lipinski definition) is 2.